The van der Waals surface area contributed by atoms with Crippen molar-refractivity contribution in [1.29, 1.82) is 0 Å². The van der Waals surface area contributed by atoms with Crippen molar-refractivity contribution in [1.82, 2.24) is 4.90 Å². The number of hydrogen-bond acceptors (Lipinski definition) is 5. The third-order valence-electron chi connectivity index (χ3n) is 8.41. The number of carbonyl (C=O) groups excluding carboxylic acids is 2. The van der Waals surface area contributed by atoms with Crippen molar-refractivity contribution in [2.45, 2.75) is 69.1 Å². The number of likely N-dealkylation sites (tertiary alicyclic amines) is 1. The van der Waals surface area contributed by atoms with E-state index < -0.39 is 20.0 Å². The van der Waals surface area contributed by atoms with E-state index in [0.29, 0.717) is 13.1 Å². The molecule has 198 valence electrons. The van der Waals surface area contributed by atoms with E-state index in [1.807, 2.05) is 68.5 Å². The summed E-state index contributed by atoms with van der Waals surface area (Å²) < 4.78 is 7.79. The fourth-order valence-corrected chi connectivity index (χ4v) is 9.86. The second kappa shape index (κ2) is 10.1. The highest BCUT2D eigenvalue weighted by molar-refractivity contribution is 14.1. The molecule has 37 heavy (non-hydrogen) atoms. The number of rotatable bonds is 6. The SMILES string of the molecule is C[C@@H]1[C@@H]([Si](C)(C)O)[C@H](CC(=O)N2CCC[C@H]2CO)O[C@@]12C(=O)N(Cc1ccccc1)c1ccc(I)cc12. The number of anilines is 1. The van der Waals surface area contributed by atoms with Gasteiger partial charge >= 0.3 is 0 Å². The van der Waals surface area contributed by atoms with Crippen LogP contribution in [0.15, 0.2) is 48.5 Å². The fraction of sp³-hybridized carbons (Fsp3) is 0.500. The summed E-state index contributed by atoms with van der Waals surface area (Å²) in [5.41, 5.74) is 1.10. The van der Waals surface area contributed by atoms with Gasteiger partial charge in [-0.2, -0.15) is 0 Å². The molecule has 7 nitrogen and oxygen atoms in total. The minimum Gasteiger partial charge on any atom is -0.432 e. The molecule has 0 saturated carbocycles. The maximum absolute atomic E-state index is 14.4. The third-order valence-corrected chi connectivity index (χ3v) is 11.6. The number of ether oxygens (including phenoxy) is 1. The molecule has 5 rings (SSSR count). The van der Waals surface area contributed by atoms with E-state index in [1.54, 1.807) is 9.80 Å². The summed E-state index contributed by atoms with van der Waals surface area (Å²) in [5, 5.41) is 9.75. The van der Waals surface area contributed by atoms with Crippen molar-refractivity contribution in [2.24, 2.45) is 5.92 Å². The molecule has 2 saturated heterocycles. The van der Waals surface area contributed by atoms with Crippen LogP contribution in [0.25, 0.3) is 0 Å². The number of aliphatic hydroxyl groups is 1. The van der Waals surface area contributed by atoms with Crippen LogP contribution >= 0.6 is 22.6 Å². The van der Waals surface area contributed by atoms with Gasteiger partial charge in [0.05, 0.1) is 37.4 Å². The van der Waals surface area contributed by atoms with Gasteiger partial charge in [-0.05, 0) is 72.3 Å². The predicted molar refractivity (Wildman–Crippen MR) is 152 cm³/mol. The van der Waals surface area contributed by atoms with Gasteiger partial charge in [-0.3, -0.25) is 9.59 Å². The first-order valence-electron chi connectivity index (χ1n) is 13.0. The standard InChI is InChI=1S/C28H35IN2O5Si/c1-18-26(37(2,3)35)24(15-25(33)30-13-7-10-21(30)17-32)36-28(18)22-14-20(29)11-12-23(22)31(27(28)34)16-19-8-5-4-6-9-19/h4-6,8-9,11-12,14,18,21,24,26,32,35H,7,10,13,15-17H2,1-3H3/t18-,21+,24+,26-,28+/m1/s1. The van der Waals surface area contributed by atoms with E-state index in [0.717, 1.165) is 33.2 Å². The molecule has 0 aliphatic carbocycles. The molecular formula is C28H35IN2O5Si. The molecule has 1 spiro atoms. The number of amides is 2. The minimum atomic E-state index is -2.85. The monoisotopic (exact) mass is 634 g/mol. The Labute approximate surface area is 233 Å². The van der Waals surface area contributed by atoms with Crippen molar-refractivity contribution in [2.75, 3.05) is 18.1 Å². The van der Waals surface area contributed by atoms with Gasteiger partial charge in [-0.15, -0.1) is 0 Å². The molecular weight excluding hydrogens is 599 g/mol. The highest BCUT2D eigenvalue weighted by Gasteiger charge is 2.66. The van der Waals surface area contributed by atoms with Crippen LogP contribution in [0, 0.1) is 9.49 Å². The second-order valence-electron chi connectivity index (χ2n) is 11.2. The van der Waals surface area contributed by atoms with E-state index in [-0.39, 0.29) is 42.3 Å². The van der Waals surface area contributed by atoms with Gasteiger partial charge in [-0.1, -0.05) is 37.3 Å². The third kappa shape index (κ3) is 4.56. The van der Waals surface area contributed by atoms with Gasteiger partial charge in [-0.25, -0.2) is 0 Å². The summed E-state index contributed by atoms with van der Waals surface area (Å²) in [4.78, 5) is 42.8. The van der Waals surface area contributed by atoms with Crippen LogP contribution in [-0.4, -0.2) is 60.2 Å². The molecule has 5 atom stereocenters. The Morgan fingerprint density at radius 3 is 2.62 bits per heavy atom. The number of benzene rings is 2. The van der Waals surface area contributed by atoms with Gasteiger partial charge in [0.25, 0.3) is 5.91 Å². The lowest BCUT2D eigenvalue weighted by atomic mass is 9.82. The van der Waals surface area contributed by atoms with Crippen molar-refractivity contribution >= 4 is 48.4 Å². The lowest BCUT2D eigenvalue weighted by Crippen LogP contribution is -2.46. The Balaban J connectivity index is 1.54. The zero-order chi connectivity index (χ0) is 26.5. The summed E-state index contributed by atoms with van der Waals surface area (Å²) in [6, 6.07) is 15.7. The van der Waals surface area contributed by atoms with Crippen LogP contribution in [0.3, 0.4) is 0 Å². The molecule has 3 aliphatic rings. The van der Waals surface area contributed by atoms with Gasteiger partial charge in [0, 0.05) is 27.1 Å². The molecule has 3 aliphatic heterocycles. The Bertz CT molecular complexity index is 1190. The molecule has 2 aromatic rings. The Morgan fingerprint density at radius 2 is 1.95 bits per heavy atom. The Morgan fingerprint density at radius 1 is 1.22 bits per heavy atom. The average molecular weight is 635 g/mol. The largest absolute Gasteiger partial charge is 0.432 e. The molecule has 2 aromatic carbocycles. The fourth-order valence-electron chi connectivity index (χ4n) is 6.82. The molecule has 2 amide bonds. The van der Waals surface area contributed by atoms with E-state index in [9.17, 15) is 19.5 Å². The predicted octanol–water partition coefficient (Wildman–Crippen LogP) is 4.01. The number of fused-ring (bicyclic) bond motifs is 2. The summed E-state index contributed by atoms with van der Waals surface area (Å²) >= 11 is 2.26. The summed E-state index contributed by atoms with van der Waals surface area (Å²) in [5.74, 6) is -0.522. The normalized spacial score (nSPS) is 29.4. The molecule has 2 N–H and O–H groups in total. The molecule has 0 unspecified atom stereocenters. The first kappa shape index (κ1) is 26.8. The molecule has 3 heterocycles. The molecule has 0 radical (unpaired) electrons. The first-order valence-corrected chi connectivity index (χ1v) is 17.1. The first-order chi connectivity index (χ1) is 17.6. The zero-order valence-corrected chi connectivity index (χ0v) is 24.7. The quantitative estimate of drug-likeness (QED) is 0.371. The lowest BCUT2D eigenvalue weighted by molar-refractivity contribution is -0.150. The van der Waals surface area contributed by atoms with E-state index in [2.05, 4.69) is 22.6 Å². The van der Waals surface area contributed by atoms with Crippen LogP contribution < -0.4 is 4.90 Å². The molecule has 0 aromatic heterocycles. The van der Waals surface area contributed by atoms with Crippen molar-refractivity contribution in [3.05, 3.63) is 63.2 Å². The highest BCUT2D eigenvalue weighted by Crippen LogP contribution is 2.60. The number of halogens is 1. The van der Waals surface area contributed by atoms with E-state index in [1.165, 1.54) is 0 Å². The maximum atomic E-state index is 14.4. The molecule has 0 bridgehead atoms. The lowest BCUT2D eigenvalue weighted by Gasteiger charge is -2.32. The van der Waals surface area contributed by atoms with E-state index >= 15 is 0 Å². The Kier molecular flexibility index (Phi) is 7.29. The molecule has 9 heteroatoms. The van der Waals surface area contributed by atoms with Crippen molar-refractivity contribution < 1.29 is 24.2 Å². The van der Waals surface area contributed by atoms with Crippen LogP contribution in [0.5, 0.6) is 0 Å². The van der Waals surface area contributed by atoms with Crippen LogP contribution in [0.2, 0.25) is 18.6 Å². The second-order valence-corrected chi connectivity index (χ2v) is 16.4. The summed E-state index contributed by atoms with van der Waals surface area (Å²) in [6.45, 7) is 6.73. The number of aliphatic hydroxyl groups excluding tert-OH is 1. The van der Waals surface area contributed by atoms with Crippen molar-refractivity contribution in [3.8, 4) is 0 Å². The highest BCUT2D eigenvalue weighted by atomic mass is 127. The van der Waals surface area contributed by atoms with Gasteiger partial charge in [0.15, 0.2) is 13.9 Å². The molecule has 2 fully saturated rings. The number of carbonyl (C=O) groups is 2. The van der Waals surface area contributed by atoms with Gasteiger partial charge in [0.2, 0.25) is 5.91 Å². The smallest absolute Gasteiger partial charge is 0.264 e. The number of hydrogen-bond donors (Lipinski definition) is 2. The van der Waals surface area contributed by atoms with Crippen LogP contribution in [0.1, 0.15) is 37.3 Å². The summed E-state index contributed by atoms with van der Waals surface area (Å²) in [7, 11) is -2.85. The van der Waals surface area contributed by atoms with Gasteiger partial charge in [0.1, 0.15) is 0 Å². The average Bonchev–Trinajstić information content (AvgIpc) is 3.50. The van der Waals surface area contributed by atoms with Gasteiger partial charge < -0.3 is 24.4 Å². The summed E-state index contributed by atoms with van der Waals surface area (Å²) in [6.07, 6.45) is 1.16. The van der Waals surface area contributed by atoms with E-state index in [4.69, 9.17) is 4.74 Å². The minimum absolute atomic E-state index is 0.0555. The Hall–Kier alpha value is -1.79. The zero-order valence-electron chi connectivity index (χ0n) is 21.6. The number of nitrogens with zero attached hydrogens (tertiary/aromatic N) is 2. The van der Waals surface area contributed by atoms with Crippen molar-refractivity contribution in [3.63, 3.8) is 0 Å². The maximum Gasteiger partial charge on any atom is 0.264 e. The van der Waals surface area contributed by atoms with Crippen LogP contribution in [0.4, 0.5) is 5.69 Å². The topological polar surface area (TPSA) is 90.3 Å². The van der Waals surface area contributed by atoms with Crippen LogP contribution in [-0.2, 0) is 26.5 Å².